The molecule has 1 rings (SSSR count). The highest BCUT2D eigenvalue weighted by atomic mass is 32.2. The van der Waals surface area contributed by atoms with Gasteiger partial charge in [0.25, 0.3) is 0 Å². The van der Waals surface area contributed by atoms with Gasteiger partial charge in [-0.2, -0.15) is 11.8 Å². The first-order valence-electron chi connectivity index (χ1n) is 5.59. The Morgan fingerprint density at radius 3 is 2.73 bits per heavy atom. The molecule has 88 valence electrons. The van der Waals surface area contributed by atoms with Crippen LogP contribution >= 0.6 is 11.8 Å². The normalized spacial score (nSPS) is 25.3. The minimum absolute atomic E-state index is 0.182. The first-order valence-corrected chi connectivity index (χ1v) is 6.75. The van der Waals surface area contributed by atoms with Crippen molar-refractivity contribution >= 4 is 17.7 Å². The van der Waals surface area contributed by atoms with E-state index in [0.29, 0.717) is 12.5 Å². The van der Waals surface area contributed by atoms with E-state index in [1.54, 1.807) is 0 Å². The summed E-state index contributed by atoms with van der Waals surface area (Å²) in [6.07, 6.45) is 1.01. The van der Waals surface area contributed by atoms with Gasteiger partial charge in [-0.25, -0.2) is 0 Å². The number of thioether (sulfide) groups is 1. The van der Waals surface area contributed by atoms with Crippen LogP contribution in [0.1, 0.15) is 27.2 Å². The first-order chi connectivity index (χ1) is 6.99. The van der Waals surface area contributed by atoms with Crippen molar-refractivity contribution in [3.8, 4) is 0 Å². The molecule has 0 radical (unpaired) electrons. The predicted octanol–water partition coefficient (Wildman–Crippen LogP) is 1.23. The Bertz CT molecular complexity index is 227. The summed E-state index contributed by atoms with van der Waals surface area (Å²) in [7, 11) is 0. The Balaban J connectivity index is 2.54. The molecule has 1 saturated heterocycles. The lowest BCUT2D eigenvalue weighted by Gasteiger charge is -2.34. The zero-order valence-electron chi connectivity index (χ0n) is 9.88. The molecule has 0 aliphatic carbocycles. The standard InChI is InChI=1S/C11H22N2OS/c1-8(2)11(3,7-12)13-10(14)9-4-5-15-6-9/h8-9H,4-7,12H2,1-3H3,(H,13,14). The van der Waals surface area contributed by atoms with Crippen molar-refractivity contribution in [1.29, 1.82) is 0 Å². The minimum atomic E-state index is -0.260. The molecule has 1 amide bonds. The average molecular weight is 230 g/mol. The van der Waals surface area contributed by atoms with Gasteiger partial charge in [-0.3, -0.25) is 4.79 Å². The van der Waals surface area contributed by atoms with E-state index < -0.39 is 0 Å². The number of nitrogens with one attached hydrogen (secondary N) is 1. The summed E-state index contributed by atoms with van der Waals surface area (Å²) < 4.78 is 0. The number of amides is 1. The van der Waals surface area contributed by atoms with Gasteiger partial charge >= 0.3 is 0 Å². The highest BCUT2D eigenvalue weighted by Gasteiger charge is 2.32. The molecule has 3 N–H and O–H groups in total. The number of nitrogens with two attached hydrogens (primary N) is 1. The van der Waals surface area contributed by atoms with Crippen molar-refractivity contribution in [3.05, 3.63) is 0 Å². The molecule has 2 atom stereocenters. The molecule has 1 aliphatic heterocycles. The van der Waals surface area contributed by atoms with Crippen molar-refractivity contribution in [2.75, 3.05) is 18.1 Å². The van der Waals surface area contributed by atoms with Crippen LogP contribution in [0.3, 0.4) is 0 Å². The first kappa shape index (κ1) is 12.8. The van der Waals surface area contributed by atoms with E-state index in [1.165, 1.54) is 0 Å². The van der Waals surface area contributed by atoms with E-state index >= 15 is 0 Å². The molecule has 0 aromatic carbocycles. The van der Waals surface area contributed by atoms with Crippen LogP contribution in [0.2, 0.25) is 0 Å². The fourth-order valence-corrected chi connectivity index (χ4v) is 2.78. The van der Waals surface area contributed by atoms with Crippen LogP contribution in [0.15, 0.2) is 0 Å². The summed E-state index contributed by atoms with van der Waals surface area (Å²) in [4.78, 5) is 11.9. The Labute approximate surface area is 96.6 Å². The van der Waals surface area contributed by atoms with Gasteiger partial charge in [0.2, 0.25) is 5.91 Å². The van der Waals surface area contributed by atoms with Crippen LogP contribution in [0.5, 0.6) is 0 Å². The molecular formula is C11H22N2OS. The topological polar surface area (TPSA) is 55.1 Å². The van der Waals surface area contributed by atoms with E-state index in [2.05, 4.69) is 19.2 Å². The number of hydrogen-bond acceptors (Lipinski definition) is 3. The largest absolute Gasteiger partial charge is 0.349 e. The monoisotopic (exact) mass is 230 g/mol. The number of hydrogen-bond donors (Lipinski definition) is 2. The lowest BCUT2D eigenvalue weighted by atomic mass is 9.88. The summed E-state index contributed by atoms with van der Waals surface area (Å²) in [5.41, 5.74) is 5.48. The fourth-order valence-electron chi connectivity index (χ4n) is 1.56. The van der Waals surface area contributed by atoms with Crippen molar-refractivity contribution in [1.82, 2.24) is 5.32 Å². The van der Waals surface area contributed by atoms with Crippen LogP contribution < -0.4 is 11.1 Å². The maximum absolute atomic E-state index is 11.9. The molecule has 3 nitrogen and oxygen atoms in total. The van der Waals surface area contributed by atoms with Gasteiger partial charge in [-0.15, -0.1) is 0 Å². The molecule has 0 bridgehead atoms. The lowest BCUT2D eigenvalue weighted by Crippen LogP contribution is -2.56. The zero-order valence-corrected chi connectivity index (χ0v) is 10.7. The van der Waals surface area contributed by atoms with Crippen molar-refractivity contribution in [2.45, 2.75) is 32.7 Å². The SMILES string of the molecule is CC(C)C(C)(CN)NC(=O)C1CCSC1. The molecule has 15 heavy (non-hydrogen) atoms. The van der Waals surface area contributed by atoms with Gasteiger partial charge in [0.05, 0.1) is 5.54 Å². The van der Waals surface area contributed by atoms with Gasteiger partial charge in [0, 0.05) is 18.2 Å². The molecule has 4 heteroatoms. The summed E-state index contributed by atoms with van der Waals surface area (Å²) in [6, 6.07) is 0. The molecule has 1 heterocycles. The van der Waals surface area contributed by atoms with E-state index in [0.717, 1.165) is 17.9 Å². The summed E-state index contributed by atoms with van der Waals surface area (Å²) in [5.74, 6) is 2.81. The van der Waals surface area contributed by atoms with Crippen molar-refractivity contribution in [2.24, 2.45) is 17.6 Å². The molecular weight excluding hydrogens is 208 g/mol. The Morgan fingerprint density at radius 1 is 1.67 bits per heavy atom. The van der Waals surface area contributed by atoms with Crippen LogP contribution in [-0.2, 0) is 4.79 Å². The Kier molecular flexibility index (Phi) is 4.46. The third-order valence-electron chi connectivity index (χ3n) is 3.41. The maximum atomic E-state index is 11.9. The molecule has 0 aromatic heterocycles. The maximum Gasteiger partial charge on any atom is 0.224 e. The van der Waals surface area contributed by atoms with Gasteiger partial charge in [0.15, 0.2) is 0 Å². The number of carbonyl (C=O) groups is 1. The minimum Gasteiger partial charge on any atom is -0.349 e. The summed E-state index contributed by atoms with van der Waals surface area (Å²) in [6.45, 7) is 6.71. The van der Waals surface area contributed by atoms with Crippen LogP contribution in [0.25, 0.3) is 0 Å². The summed E-state index contributed by atoms with van der Waals surface area (Å²) in [5, 5.41) is 3.11. The van der Waals surface area contributed by atoms with Gasteiger partial charge in [0.1, 0.15) is 0 Å². The van der Waals surface area contributed by atoms with E-state index in [1.807, 2.05) is 18.7 Å². The highest BCUT2D eigenvalue weighted by molar-refractivity contribution is 7.99. The van der Waals surface area contributed by atoms with E-state index in [4.69, 9.17) is 5.73 Å². The van der Waals surface area contributed by atoms with Gasteiger partial charge in [-0.1, -0.05) is 13.8 Å². The number of rotatable bonds is 4. The third-order valence-corrected chi connectivity index (χ3v) is 4.57. The van der Waals surface area contributed by atoms with Crippen LogP contribution in [0, 0.1) is 11.8 Å². The second-order valence-corrected chi connectivity index (χ2v) is 5.98. The number of carbonyl (C=O) groups excluding carboxylic acids is 1. The van der Waals surface area contributed by atoms with Crippen LogP contribution in [0.4, 0.5) is 0 Å². The smallest absolute Gasteiger partial charge is 0.224 e. The molecule has 0 aromatic rings. The molecule has 0 spiro atoms. The zero-order chi connectivity index (χ0) is 11.5. The highest BCUT2D eigenvalue weighted by Crippen LogP contribution is 2.25. The third kappa shape index (κ3) is 3.11. The van der Waals surface area contributed by atoms with E-state index in [-0.39, 0.29) is 17.4 Å². The Morgan fingerprint density at radius 2 is 2.33 bits per heavy atom. The quantitative estimate of drug-likeness (QED) is 0.764. The Hall–Kier alpha value is -0.220. The second kappa shape index (κ2) is 5.21. The van der Waals surface area contributed by atoms with E-state index in [9.17, 15) is 4.79 Å². The van der Waals surface area contributed by atoms with Gasteiger partial charge in [-0.05, 0) is 25.0 Å². The summed E-state index contributed by atoms with van der Waals surface area (Å²) >= 11 is 1.86. The van der Waals surface area contributed by atoms with Crippen LogP contribution in [-0.4, -0.2) is 29.5 Å². The predicted molar refractivity (Wildman–Crippen MR) is 65.9 cm³/mol. The molecule has 1 fully saturated rings. The average Bonchev–Trinajstić information content (AvgIpc) is 2.70. The second-order valence-electron chi connectivity index (χ2n) is 4.83. The van der Waals surface area contributed by atoms with Crippen molar-refractivity contribution < 1.29 is 4.79 Å². The molecule has 2 unspecified atom stereocenters. The van der Waals surface area contributed by atoms with Crippen molar-refractivity contribution in [3.63, 3.8) is 0 Å². The lowest BCUT2D eigenvalue weighted by molar-refractivity contribution is -0.126. The molecule has 0 saturated carbocycles. The van der Waals surface area contributed by atoms with Gasteiger partial charge < -0.3 is 11.1 Å². The fraction of sp³-hybridized carbons (Fsp3) is 0.909. The molecule has 1 aliphatic rings.